The fraction of sp³-hybridized carbons (Fsp3) is 0.438. The highest BCUT2D eigenvalue weighted by atomic mass is 31.2. The molecule has 0 bridgehead atoms. The summed E-state index contributed by atoms with van der Waals surface area (Å²) in [5.74, 6) is -0.378. The number of hydrogen-bond donors (Lipinski definition) is 1. The fourth-order valence-electron chi connectivity index (χ4n) is 2.12. The molecule has 1 rings (SSSR count). The SMILES string of the molecule is CCOP(=O)(OCC)/C(=C/c1cc(OC)c(OC)c(OC)c1)C(=O)O. The van der Waals surface area contributed by atoms with Crippen molar-refractivity contribution in [2.24, 2.45) is 0 Å². The van der Waals surface area contributed by atoms with Gasteiger partial charge in [0.25, 0.3) is 0 Å². The van der Waals surface area contributed by atoms with Crippen molar-refractivity contribution >= 4 is 19.6 Å². The van der Waals surface area contributed by atoms with Crippen LogP contribution in [-0.2, 0) is 18.4 Å². The highest BCUT2D eigenvalue weighted by molar-refractivity contribution is 7.60. The standard InChI is InChI=1S/C16H23O8P/c1-6-23-25(19,24-7-2)14(16(17)18)10-11-8-12(20-3)15(22-5)13(9-11)21-4/h8-10H,6-7H2,1-5H3,(H,17,18)/b14-10+. The molecule has 0 saturated carbocycles. The van der Waals surface area contributed by atoms with Gasteiger partial charge in [-0.2, -0.15) is 0 Å². The van der Waals surface area contributed by atoms with Crippen molar-refractivity contribution in [1.29, 1.82) is 0 Å². The van der Waals surface area contributed by atoms with Crippen LogP contribution in [0.3, 0.4) is 0 Å². The predicted octanol–water partition coefficient (Wildman–Crippen LogP) is 3.40. The largest absolute Gasteiger partial charge is 0.493 e. The number of carboxylic acids is 1. The lowest BCUT2D eigenvalue weighted by Crippen LogP contribution is -2.07. The van der Waals surface area contributed by atoms with Gasteiger partial charge >= 0.3 is 13.6 Å². The zero-order valence-corrected chi connectivity index (χ0v) is 15.8. The van der Waals surface area contributed by atoms with E-state index in [1.807, 2.05) is 0 Å². The fourth-order valence-corrected chi connectivity index (χ4v) is 3.69. The van der Waals surface area contributed by atoms with Crippen LogP contribution in [0.4, 0.5) is 0 Å². The van der Waals surface area contributed by atoms with Crippen LogP contribution in [0.25, 0.3) is 6.08 Å². The second-order valence-corrected chi connectivity index (χ2v) is 6.62. The summed E-state index contributed by atoms with van der Waals surface area (Å²) in [6.07, 6.45) is 1.21. The lowest BCUT2D eigenvalue weighted by Gasteiger charge is -2.18. The van der Waals surface area contributed by atoms with E-state index in [-0.39, 0.29) is 13.2 Å². The van der Waals surface area contributed by atoms with Crippen molar-refractivity contribution < 1.29 is 37.7 Å². The van der Waals surface area contributed by atoms with Gasteiger partial charge in [-0.25, -0.2) is 4.79 Å². The molecule has 8 nitrogen and oxygen atoms in total. The average molecular weight is 374 g/mol. The third-order valence-electron chi connectivity index (χ3n) is 3.10. The average Bonchev–Trinajstić information content (AvgIpc) is 2.58. The molecule has 0 unspecified atom stereocenters. The minimum Gasteiger partial charge on any atom is -0.493 e. The maximum atomic E-state index is 12.8. The van der Waals surface area contributed by atoms with E-state index in [0.29, 0.717) is 22.8 Å². The van der Waals surface area contributed by atoms with E-state index in [1.54, 1.807) is 13.8 Å². The first-order valence-corrected chi connectivity index (χ1v) is 9.05. The summed E-state index contributed by atoms with van der Waals surface area (Å²) < 4.78 is 38.7. The summed E-state index contributed by atoms with van der Waals surface area (Å²) in [6.45, 7) is 3.28. The van der Waals surface area contributed by atoms with Crippen LogP contribution in [0.5, 0.6) is 17.2 Å². The number of benzene rings is 1. The van der Waals surface area contributed by atoms with E-state index < -0.39 is 18.9 Å². The van der Waals surface area contributed by atoms with Crippen molar-refractivity contribution in [1.82, 2.24) is 0 Å². The lowest BCUT2D eigenvalue weighted by atomic mass is 10.1. The molecule has 9 heteroatoms. The van der Waals surface area contributed by atoms with E-state index in [4.69, 9.17) is 23.3 Å². The van der Waals surface area contributed by atoms with E-state index in [1.165, 1.54) is 39.5 Å². The van der Waals surface area contributed by atoms with Gasteiger partial charge in [-0.05, 0) is 37.6 Å². The van der Waals surface area contributed by atoms with Crippen LogP contribution in [0.1, 0.15) is 19.4 Å². The minimum absolute atomic E-state index is 0.0388. The maximum absolute atomic E-state index is 12.8. The molecule has 140 valence electrons. The van der Waals surface area contributed by atoms with Crippen LogP contribution in [0.15, 0.2) is 17.4 Å². The molecule has 0 heterocycles. The Kier molecular flexibility index (Phi) is 7.96. The molecule has 0 aliphatic carbocycles. The zero-order chi connectivity index (χ0) is 19.0. The van der Waals surface area contributed by atoms with E-state index in [2.05, 4.69) is 0 Å². The molecule has 25 heavy (non-hydrogen) atoms. The third-order valence-corrected chi connectivity index (χ3v) is 5.21. The van der Waals surface area contributed by atoms with Gasteiger partial charge in [0.15, 0.2) is 11.5 Å². The van der Waals surface area contributed by atoms with Crippen molar-refractivity contribution in [3.05, 3.63) is 23.0 Å². The van der Waals surface area contributed by atoms with E-state index in [9.17, 15) is 14.5 Å². The van der Waals surface area contributed by atoms with Gasteiger partial charge in [0.1, 0.15) is 5.31 Å². The molecule has 0 aromatic heterocycles. The van der Waals surface area contributed by atoms with Gasteiger partial charge in [-0.3, -0.25) is 4.57 Å². The monoisotopic (exact) mass is 374 g/mol. The van der Waals surface area contributed by atoms with Crippen LogP contribution in [-0.4, -0.2) is 45.6 Å². The molecule has 0 fully saturated rings. The van der Waals surface area contributed by atoms with Crippen molar-refractivity contribution in [2.45, 2.75) is 13.8 Å². The highest BCUT2D eigenvalue weighted by Gasteiger charge is 2.35. The number of aliphatic carboxylic acids is 1. The summed E-state index contributed by atoms with van der Waals surface area (Å²) in [7, 11) is 0.364. The van der Waals surface area contributed by atoms with Gasteiger partial charge in [-0.15, -0.1) is 0 Å². The topological polar surface area (TPSA) is 101 Å². The molecule has 0 amide bonds. The van der Waals surface area contributed by atoms with Crippen molar-refractivity contribution in [3.63, 3.8) is 0 Å². The molecule has 1 aromatic rings. The van der Waals surface area contributed by atoms with Crippen LogP contribution < -0.4 is 14.2 Å². The van der Waals surface area contributed by atoms with Gasteiger partial charge < -0.3 is 28.4 Å². The number of carboxylic acid groups (broad SMARTS) is 1. The van der Waals surface area contributed by atoms with Crippen LogP contribution >= 0.6 is 7.60 Å². The molecular formula is C16H23O8P. The minimum atomic E-state index is -3.97. The summed E-state index contributed by atoms with van der Waals surface area (Å²) in [6, 6.07) is 3.07. The van der Waals surface area contributed by atoms with Crippen molar-refractivity contribution in [3.8, 4) is 17.2 Å². The molecule has 0 saturated heterocycles. The Morgan fingerprint density at radius 2 is 1.52 bits per heavy atom. The number of rotatable bonds is 10. The Hall–Kier alpha value is -2.02. The van der Waals surface area contributed by atoms with Gasteiger partial charge in [0.2, 0.25) is 5.75 Å². The van der Waals surface area contributed by atoms with Gasteiger partial charge in [-0.1, -0.05) is 0 Å². The van der Waals surface area contributed by atoms with Gasteiger partial charge in [0, 0.05) is 0 Å². The first-order valence-electron chi connectivity index (χ1n) is 7.51. The number of methoxy groups -OCH3 is 3. The van der Waals surface area contributed by atoms with Crippen LogP contribution in [0, 0.1) is 0 Å². The molecule has 0 aliphatic rings. The van der Waals surface area contributed by atoms with E-state index >= 15 is 0 Å². The Morgan fingerprint density at radius 3 is 1.84 bits per heavy atom. The molecule has 1 aromatic carbocycles. The number of ether oxygens (including phenoxy) is 3. The lowest BCUT2D eigenvalue weighted by molar-refractivity contribution is -0.132. The Balaban J connectivity index is 3.54. The number of carbonyl (C=O) groups is 1. The van der Waals surface area contributed by atoms with Crippen LogP contribution in [0.2, 0.25) is 0 Å². The molecule has 0 aliphatic heterocycles. The number of hydrogen-bond acceptors (Lipinski definition) is 7. The Labute approximate surface area is 146 Å². The molecule has 0 atom stereocenters. The van der Waals surface area contributed by atoms with Gasteiger partial charge in [0.05, 0.1) is 34.5 Å². The molecular weight excluding hydrogens is 351 g/mol. The smallest absolute Gasteiger partial charge is 0.368 e. The second-order valence-electron chi connectivity index (χ2n) is 4.63. The quantitative estimate of drug-likeness (QED) is 0.491. The zero-order valence-electron chi connectivity index (χ0n) is 14.9. The molecule has 0 radical (unpaired) electrons. The normalized spacial score (nSPS) is 12.0. The first kappa shape index (κ1) is 21.0. The third kappa shape index (κ3) is 4.98. The first-order chi connectivity index (χ1) is 11.9. The molecule has 1 N–H and O–H groups in total. The summed E-state index contributed by atoms with van der Waals surface area (Å²) in [4.78, 5) is 11.6. The summed E-state index contributed by atoms with van der Waals surface area (Å²) >= 11 is 0. The summed E-state index contributed by atoms with van der Waals surface area (Å²) in [5, 5.41) is 9.01. The predicted molar refractivity (Wildman–Crippen MR) is 92.6 cm³/mol. The maximum Gasteiger partial charge on any atom is 0.368 e. The summed E-state index contributed by atoms with van der Waals surface area (Å²) in [5.41, 5.74) is 0.381. The Bertz CT molecular complexity index is 648. The highest BCUT2D eigenvalue weighted by Crippen LogP contribution is 2.56. The molecule has 0 spiro atoms. The Morgan fingerprint density at radius 1 is 1.04 bits per heavy atom. The van der Waals surface area contributed by atoms with Crippen molar-refractivity contribution in [2.75, 3.05) is 34.5 Å². The van der Waals surface area contributed by atoms with E-state index in [0.717, 1.165) is 0 Å². The second kappa shape index (κ2) is 9.46.